The number of allylic oxidation sites excluding steroid dienone is 2. The topological polar surface area (TPSA) is 4.93 Å². The monoisotopic (exact) mass is 401 g/mol. The molecule has 0 bridgehead atoms. The summed E-state index contributed by atoms with van der Waals surface area (Å²) in [7, 11) is 0. The zero-order chi connectivity index (χ0) is 21.0. The lowest BCUT2D eigenvalue weighted by molar-refractivity contribution is 0.481. The number of hydrogen-bond acceptors (Lipinski definition) is 0. The molecule has 0 radical (unpaired) electrons. The van der Waals surface area contributed by atoms with E-state index in [-0.39, 0.29) is 0 Å². The Bertz CT molecular complexity index is 471. The van der Waals surface area contributed by atoms with E-state index in [9.17, 15) is 0 Å². The lowest BCUT2D eigenvalue weighted by atomic mass is 9.99. The van der Waals surface area contributed by atoms with Gasteiger partial charge in [-0.15, -0.1) is 0 Å². The highest BCUT2D eigenvalue weighted by Crippen LogP contribution is 2.25. The first-order chi connectivity index (χ1) is 14.3. The summed E-state index contributed by atoms with van der Waals surface area (Å²) in [6, 6.07) is 4.87. The molecule has 1 nitrogen and oxygen atoms in total. The first-order valence-electron chi connectivity index (χ1n) is 13.1. The molecule has 1 aromatic rings. The number of rotatable bonds is 20. The Morgan fingerprint density at radius 1 is 0.655 bits per heavy atom. The summed E-state index contributed by atoms with van der Waals surface area (Å²) in [5.74, 6) is 0. The van der Waals surface area contributed by atoms with Crippen LogP contribution in [0.25, 0.3) is 0 Å². The Morgan fingerprint density at radius 3 is 1.48 bits per heavy atom. The van der Waals surface area contributed by atoms with Crippen LogP contribution >= 0.6 is 0 Å². The van der Waals surface area contributed by atoms with Crippen molar-refractivity contribution in [1.29, 1.82) is 0 Å². The zero-order valence-electron chi connectivity index (χ0n) is 20.1. The van der Waals surface area contributed by atoms with Crippen LogP contribution in [0.5, 0.6) is 0 Å². The summed E-state index contributed by atoms with van der Waals surface area (Å²) in [6.07, 6.45) is 32.4. The molecule has 0 amide bonds. The van der Waals surface area contributed by atoms with Crippen LogP contribution in [0.15, 0.2) is 36.2 Å². The smallest absolute Gasteiger partial charge is 0.0537 e. The highest BCUT2D eigenvalue weighted by atomic mass is 15.0. The van der Waals surface area contributed by atoms with Gasteiger partial charge in [-0.3, -0.25) is 0 Å². The fourth-order valence-electron chi connectivity index (χ4n) is 4.51. The zero-order valence-corrected chi connectivity index (χ0v) is 20.1. The highest BCUT2D eigenvalue weighted by molar-refractivity contribution is 5.09. The predicted molar refractivity (Wildman–Crippen MR) is 132 cm³/mol. The van der Waals surface area contributed by atoms with Gasteiger partial charge in [-0.25, -0.2) is 0 Å². The van der Waals surface area contributed by atoms with E-state index in [1.807, 2.05) is 0 Å². The van der Waals surface area contributed by atoms with Crippen molar-refractivity contribution in [3.8, 4) is 0 Å². The van der Waals surface area contributed by atoms with Crippen molar-refractivity contribution in [2.75, 3.05) is 0 Å². The SMILES string of the molecule is CC/C=C(\C)C(CCCCCCCCCCCCCCCCCC)n1cccc1. The van der Waals surface area contributed by atoms with Crippen LogP contribution in [-0.4, -0.2) is 4.57 Å². The third-order valence-electron chi connectivity index (χ3n) is 6.37. The molecule has 0 spiro atoms. The van der Waals surface area contributed by atoms with Gasteiger partial charge in [0.15, 0.2) is 0 Å². The normalized spacial score (nSPS) is 13.1. The van der Waals surface area contributed by atoms with Crippen molar-refractivity contribution in [2.24, 2.45) is 0 Å². The lowest BCUT2D eigenvalue weighted by Gasteiger charge is -2.20. The van der Waals surface area contributed by atoms with Crippen LogP contribution in [-0.2, 0) is 0 Å². The summed E-state index contributed by atoms with van der Waals surface area (Å²) in [6.45, 7) is 6.85. The Morgan fingerprint density at radius 2 is 1.07 bits per heavy atom. The third-order valence-corrected chi connectivity index (χ3v) is 6.37. The molecule has 0 aliphatic heterocycles. The van der Waals surface area contributed by atoms with E-state index in [1.54, 1.807) is 0 Å². The minimum Gasteiger partial charge on any atom is -0.347 e. The van der Waals surface area contributed by atoms with Crippen LogP contribution in [0.4, 0.5) is 0 Å². The summed E-state index contributed by atoms with van der Waals surface area (Å²) in [5, 5.41) is 0. The number of nitrogens with zero attached hydrogens (tertiary/aromatic N) is 1. The minimum atomic E-state index is 0.566. The largest absolute Gasteiger partial charge is 0.347 e. The van der Waals surface area contributed by atoms with Gasteiger partial charge < -0.3 is 4.57 Å². The Kier molecular flexibility index (Phi) is 17.1. The fraction of sp³-hybridized carbons (Fsp3) is 0.786. The van der Waals surface area contributed by atoms with E-state index in [1.165, 1.54) is 115 Å². The standard InChI is InChI=1S/C28H51N/c1-4-6-7-8-9-10-11-12-13-14-15-16-17-18-19-20-24-28(27(3)23-5-2)29-25-21-22-26-29/h21-23,25-26,28H,4-20,24H2,1-3H3/b27-23+. The summed E-state index contributed by atoms with van der Waals surface area (Å²) < 4.78 is 2.40. The molecule has 0 saturated carbocycles. The Hall–Kier alpha value is -0.980. The first kappa shape index (κ1) is 26.1. The van der Waals surface area contributed by atoms with Crippen LogP contribution in [0.3, 0.4) is 0 Å². The lowest BCUT2D eigenvalue weighted by Crippen LogP contribution is -2.08. The summed E-state index contributed by atoms with van der Waals surface area (Å²) in [5.41, 5.74) is 1.53. The van der Waals surface area contributed by atoms with Crippen molar-refractivity contribution in [1.82, 2.24) is 4.57 Å². The third kappa shape index (κ3) is 13.8. The maximum absolute atomic E-state index is 2.40. The van der Waals surface area contributed by atoms with Gasteiger partial charge in [-0.2, -0.15) is 0 Å². The number of hydrogen-bond donors (Lipinski definition) is 0. The van der Waals surface area contributed by atoms with Crippen LogP contribution in [0, 0.1) is 0 Å². The molecule has 0 aliphatic carbocycles. The fourth-order valence-corrected chi connectivity index (χ4v) is 4.51. The average Bonchev–Trinajstić information content (AvgIpc) is 3.25. The van der Waals surface area contributed by atoms with Gasteiger partial charge >= 0.3 is 0 Å². The summed E-state index contributed by atoms with van der Waals surface area (Å²) in [4.78, 5) is 0. The van der Waals surface area contributed by atoms with E-state index < -0.39 is 0 Å². The van der Waals surface area contributed by atoms with E-state index in [2.05, 4.69) is 55.9 Å². The van der Waals surface area contributed by atoms with Crippen LogP contribution in [0.2, 0.25) is 0 Å². The average molecular weight is 402 g/mol. The van der Waals surface area contributed by atoms with Gasteiger partial charge in [-0.1, -0.05) is 128 Å². The van der Waals surface area contributed by atoms with Crippen molar-refractivity contribution >= 4 is 0 Å². The van der Waals surface area contributed by atoms with Crippen LogP contribution in [0.1, 0.15) is 142 Å². The minimum absolute atomic E-state index is 0.566. The molecule has 1 unspecified atom stereocenters. The molecular formula is C28H51N. The van der Waals surface area contributed by atoms with E-state index in [4.69, 9.17) is 0 Å². The van der Waals surface area contributed by atoms with Gasteiger partial charge in [0.05, 0.1) is 6.04 Å². The molecule has 0 aromatic carbocycles. The quantitative estimate of drug-likeness (QED) is 0.151. The number of unbranched alkanes of at least 4 members (excludes halogenated alkanes) is 15. The first-order valence-corrected chi connectivity index (χ1v) is 13.1. The molecule has 1 aromatic heterocycles. The van der Waals surface area contributed by atoms with Gasteiger partial charge in [0.2, 0.25) is 0 Å². The van der Waals surface area contributed by atoms with Gasteiger partial charge in [0.1, 0.15) is 0 Å². The maximum Gasteiger partial charge on any atom is 0.0537 e. The molecule has 0 aliphatic rings. The molecule has 1 rings (SSSR count). The maximum atomic E-state index is 2.40. The van der Waals surface area contributed by atoms with E-state index in [0.29, 0.717) is 6.04 Å². The molecule has 1 heteroatoms. The molecule has 168 valence electrons. The summed E-state index contributed by atoms with van der Waals surface area (Å²) >= 11 is 0. The molecule has 0 N–H and O–H groups in total. The highest BCUT2D eigenvalue weighted by Gasteiger charge is 2.11. The van der Waals surface area contributed by atoms with E-state index in [0.717, 1.165) is 6.42 Å². The molecule has 1 heterocycles. The molecule has 29 heavy (non-hydrogen) atoms. The van der Waals surface area contributed by atoms with Crippen molar-refractivity contribution in [3.05, 3.63) is 36.2 Å². The second-order valence-electron chi connectivity index (χ2n) is 9.09. The van der Waals surface area contributed by atoms with Crippen molar-refractivity contribution in [3.63, 3.8) is 0 Å². The second kappa shape index (κ2) is 19.0. The van der Waals surface area contributed by atoms with Crippen LogP contribution < -0.4 is 0 Å². The van der Waals surface area contributed by atoms with E-state index >= 15 is 0 Å². The van der Waals surface area contributed by atoms with Gasteiger partial charge in [-0.05, 0) is 31.9 Å². The Labute approximate surface area is 183 Å². The van der Waals surface area contributed by atoms with Crippen molar-refractivity contribution < 1.29 is 0 Å². The van der Waals surface area contributed by atoms with Crippen molar-refractivity contribution in [2.45, 2.75) is 142 Å². The Balaban J connectivity index is 1.93. The molecular weight excluding hydrogens is 350 g/mol. The predicted octanol–water partition coefficient (Wildman–Crippen LogP) is 10.0. The number of aromatic nitrogens is 1. The molecule has 0 saturated heterocycles. The molecule has 1 atom stereocenters. The second-order valence-corrected chi connectivity index (χ2v) is 9.09. The van der Waals surface area contributed by atoms with Gasteiger partial charge in [0.25, 0.3) is 0 Å². The molecule has 0 fully saturated rings. The van der Waals surface area contributed by atoms with Gasteiger partial charge in [0, 0.05) is 12.4 Å².